The molecule has 1 atom stereocenters. The molecule has 0 unspecified atom stereocenters. The van der Waals surface area contributed by atoms with E-state index in [9.17, 15) is 14.4 Å². The maximum Gasteiger partial charge on any atom is 0.335 e. The predicted molar refractivity (Wildman–Crippen MR) is 98.5 cm³/mol. The average Bonchev–Trinajstić information content (AvgIpc) is 2.72. The summed E-state index contributed by atoms with van der Waals surface area (Å²) in [4.78, 5) is 34.7. The number of hydrogen-bond donors (Lipinski definition) is 3. The second kappa shape index (κ2) is 8.67. The van der Waals surface area contributed by atoms with Crippen molar-refractivity contribution in [3.05, 3.63) is 59.7 Å². The van der Waals surface area contributed by atoms with Crippen molar-refractivity contribution in [2.24, 2.45) is 5.10 Å². The summed E-state index contributed by atoms with van der Waals surface area (Å²) in [6, 6.07) is 13.0. The fourth-order valence-corrected chi connectivity index (χ4v) is 2.36. The molecular formula is C19H17N3O6. The zero-order chi connectivity index (χ0) is 19.9. The van der Waals surface area contributed by atoms with Crippen molar-refractivity contribution in [1.29, 1.82) is 0 Å². The Labute approximate surface area is 160 Å². The smallest absolute Gasteiger partial charge is 0.335 e. The second-order valence-corrected chi connectivity index (χ2v) is 5.80. The second-order valence-electron chi connectivity index (χ2n) is 5.80. The van der Waals surface area contributed by atoms with Gasteiger partial charge in [-0.3, -0.25) is 9.59 Å². The van der Waals surface area contributed by atoms with Crippen LogP contribution in [0.4, 0.5) is 0 Å². The van der Waals surface area contributed by atoms with Crippen molar-refractivity contribution in [2.45, 2.75) is 6.10 Å². The summed E-state index contributed by atoms with van der Waals surface area (Å²) in [5, 5.41) is 15.0. The number of nitrogens with zero attached hydrogens (tertiary/aromatic N) is 1. The Kier molecular flexibility index (Phi) is 5.85. The molecule has 0 radical (unpaired) electrons. The largest absolute Gasteiger partial charge is 0.485 e. The zero-order valence-corrected chi connectivity index (χ0v) is 14.6. The quantitative estimate of drug-likeness (QED) is 0.500. The first-order chi connectivity index (χ1) is 13.5. The van der Waals surface area contributed by atoms with Gasteiger partial charge in [-0.05, 0) is 29.8 Å². The lowest BCUT2D eigenvalue weighted by molar-refractivity contribution is -0.132. The zero-order valence-electron chi connectivity index (χ0n) is 14.6. The van der Waals surface area contributed by atoms with Crippen LogP contribution in [0.3, 0.4) is 0 Å². The van der Waals surface area contributed by atoms with Crippen LogP contribution in [0.1, 0.15) is 15.9 Å². The Hall–Kier alpha value is -3.88. The van der Waals surface area contributed by atoms with Crippen molar-refractivity contribution in [3.8, 4) is 11.5 Å². The third-order valence-electron chi connectivity index (χ3n) is 3.78. The van der Waals surface area contributed by atoms with Gasteiger partial charge in [0, 0.05) is 0 Å². The molecular weight excluding hydrogens is 366 g/mol. The topological polar surface area (TPSA) is 126 Å². The summed E-state index contributed by atoms with van der Waals surface area (Å²) in [5.41, 5.74) is 3.03. The molecule has 9 heteroatoms. The fraction of sp³-hybridized carbons (Fsp3) is 0.158. The van der Waals surface area contributed by atoms with Gasteiger partial charge in [-0.15, -0.1) is 0 Å². The van der Waals surface area contributed by atoms with E-state index in [0.29, 0.717) is 17.1 Å². The van der Waals surface area contributed by atoms with E-state index in [-0.39, 0.29) is 18.7 Å². The van der Waals surface area contributed by atoms with E-state index in [4.69, 9.17) is 14.6 Å². The van der Waals surface area contributed by atoms with Crippen LogP contribution in [-0.2, 0) is 9.59 Å². The summed E-state index contributed by atoms with van der Waals surface area (Å²) in [6.07, 6.45) is 0.513. The number of carboxylic acids is 1. The number of amides is 2. The number of nitrogens with one attached hydrogen (secondary N) is 2. The lowest BCUT2D eigenvalue weighted by Gasteiger charge is -2.25. The number of hydrogen-bond acceptors (Lipinski definition) is 6. The summed E-state index contributed by atoms with van der Waals surface area (Å²) < 4.78 is 11.0. The van der Waals surface area contributed by atoms with Crippen molar-refractivity contribution in [3.63, 3.8) is 0 Å². The van der Waals surface area contributed by atoms with Gasteiger partial charge in [0.2, 0.25) is 6.10 Å². The molecule has 9 nitrogen and oxygen atoms in total. The van der Waals surface area contributed by atoms with Gasteiger partial charge in [-0.25, -0.2) is 10.2 Å². The minimum absolute atomic E-state index is 0.0506. The summed E-state index contributed by atoms with van der Waals surface area (Å²) >= 11 is 0. The van der Waals surface area contributed by atoms with E-state index in [0.717, 1.165) is 0 Å². The fourth-order valence-electron chi connectivity index (χ4n) is 2.36. The van der Waals surface area contributed by atoms with E-state index < -0.39 is 23.9 Å². The molecule has 2 aromatic rings. The van der Waals surface area contributed by atoms with Gasteiger partial charge in [0.1, 0.15) is 6.61 Å². The molecule has 3 rings (SSSR count). The number of carbonyl (C=O) groups is 3. The molecule has 0 saturated carbocycles. The summed E-state index contributed by atoms with van der Waals surface area (Å²) in [5.74, 6) is -0.989. The van der Waals surface area contributed by atoms with E-state index in [2.05, 4.69) is 15.8 Å². The molecule has 28 heavy (non-hydrogen) atoms. The first-order valence-electron chi connectivity index (χ1n) is 8.34. The van der Waals surface area contributed by atoms with Crippen LogP contribution >= 0.6 is 0 Å². The van der Waals surface area contributed by atoms with Gasteiger partial charge in [0.15, 0.2) is 11.5 Å². The van der Waals surface area contributed by atoms with Gasteiger partial charge in [-0.2, -0.15) is 5.10 Å². The number of benzene rings is 2. The molecule has 1 aliphatic heterocycles. The Morgan fingerprint density at radius 1 is 1.11 bits per heavy atom. The minimum Gasteiger partial charge on any atom is -0.485 e. The molecule has 0 aliphatic carbocycles. The number of carboxylic acid groups (broad SMARTS) is 1. The summed E-state index contributed by atoms with van der Waals surface area (Å²) in [6.45, 7) is -0.232. The first kappa shape index (κ1) is 18.9. The van der Waals surface area contributed by atoms with E-state index >= 15 is 0 Å². The lowest BCUT2D eigenvalue weighted by atomic mass is 10.1. The monoisotopic (exact) mass is 383 g/mol. The molecule has 1 heterocycles. The maximum absolute atomic E-state index is 12.1. The molecule has 3 N–H and O–H groups in total. The van der Waals surface area contributed by atoms with E-state index in [1.165, 1.54) is 18.3 Å². The molecule has 0 bridgehead atoms. The van der Waals surface area contributed by atoms with Crippen LogP contribution in [0.2, 0.25) is 0 Å². The van der Waals surface area contributed by atoms with Gasteiger partial charge in [-0.1, -0.05) is 24.3 Å². The Bertz CT molecular complexity index is 910. The predicted octanol–water partition coefficient (Wildman–Crippen LogP) is 0.791. The minimum atomic E-state index is -1.02. The average molecular weight is 383 g/mol. The molecule has 0 saturated heterocycles. The van der Waals surface area contributed by atoms with E-state index in [1.807, 2.05) is 0 Å². The molecule has 2 amide bonds. The third kappa shape index (κ3) is 4.85. The van der Waals surface area contributed by atoms with Gasteiger partial charge in [0.25, 0.3) is 11.8 Å². The molecule has 2 aromatic carbocycles. The van der Waals surface area contributed by atoms with Crippen molar-refractivity contribution >= 4 is 24.0 Å². The third-order valence-corrected chi connectivity index (χ3v) is 3.78. The number of hydrazone groups is 1. The highest BCUT2D eigenvalue weighted by atomic mass is 16.6. The maximum atomic E-state index is 12.1. The molecule has 144 valence electrons. The molecule has 1 aliphatic rings. The summed E-state index contributed by atoms with van der Waals surface area (Å²) in [7, 11) is 0. The van der Waals surface area contributed by atoms with E-state index in [1.54, 1.807) is 36.4 Å². The van der Waals surface area contributed by atoms with Gasteiger partial charge in [0.05, 0.1) is 18.3 Å². The number of ether oxygens (including phenoxy) is 2. The van der Waals surface area contributed by atoms with Crippen LogP contribution in [0.25, 0.3) is 0 Å². The number of para-hydroxylation sites is 2. The Morgan fingerprint density at radius 3 is 2.54 bits per heavy atom. The van der Waals surface area contributed by atoms with Crippen LogP contribution in [0, 0.1) is 0 Å². The van der Waals surface area contributed by atoms with Crippen molar-refractivity contribution in [1.82, 2.24) is 10.7 Å². The van der Waals surface area contributed by atoms with Crippen molar-refractivity contribution < 1.29 is 29.0 Å². The van der Waals surface area contributed by atoms with Crippen LogP contribution < -0.4 is 20.2 Å². The number of carbonyl (C=O) groups excluding carboxylic acids is 2. The Balaban J connectivity index is 1.43. The van der Waals surface area contributed by atoms with Crippen molar-refractivity contribution in [2.75, 3.05) is 13.2 Å². The SMILES string of the molecule is O=C(CNC(=O)[C@@H]1COc2ccccc2O1)NN=Cc1ccc(C(=O)O)cc1. The molecule has 0 spiro atoms. The number of aromatic carboxylic acids is 1. The number of rotatable bonds is 6. The highest BCUT2D eigenvalue weighted by molar-refractivity contribution is 5.90. The normalized spacial score (nSPS) is 15.1. The molecule has 0 aromatic heterocycles. The van der Waals surface area contributed by atoms with Gasteiger partial charge < -0.3 is 19.9 Å². The highest BCUT2D eigenvalue weighted by Crippen LogP contribution is 2.30. The first-order valence-corrected chi connectivity index (χ1v) is 8.34. The lowest BCUT2D eigenvalue weighted by Crippen LogP contribution is -2.46. The molecule has 0 fully saturated rings. The highest BCUT2D eigenvalue weighted by Gasteiger charge is 2.27. The standard InChI is InChI=1S/C19H17N3O6/c23-17(22-21-9-12-5-7-13(8-6-12)19(25)26)10-20-18(24)16-11-27-14-3-1-2-4-15(14)28-16/h1-9,16H,10-11H2,(H,20,24)(H,22,23)(H,25,26)/t16-/m0/s1. The number of fused-ring (bicyclic) bond motifs is 1. The Morgan fingerprint density at radius 2 is 1.82 bits per heavy atom. The van der Waals surface area contributed by atoms with Crippen LogP contribution in [0.15, 0.2) is 53.6 Å². The van der Waals surface area contributed by atoms with Crippen LogP contribution in [0.5, 0.6) is 11.5 Å². The van der Waals surface area contributed by atoms with Crippen LogP contribution in [-0.4, -0.2) is 48.4 Å². The van der Waals surface area contributed by atoms with Gasteiger partial charge >= 0.3 is 5.97 Å².